The Balaban J connectivity index is 1.60. The number of nitrogens with one attached hydrogen (secondary N) is 1. The van der Waals surface area contributed by atoms with E-state index in [9.17, 15) is 4.79 Å². The van der Waals surface area contributed by atoms with E-state index in [4.69, 9.17) is 4.74 Å². The van der Waals surface area contributed by atoms with Gasteiger partial charge in [-0.25, -0.2) is 4.68 Å². The average molecular weight is 383 g/mol. The first kappa shape index (κ1) is 19.1. The molecule has 1 aromatic carbocycles. The highest BCUT2D eigenvalue weighted by Gasteiger charge is 2.27. The van der Waals surface area contributed by atoms with Crippen LogP contribution >= 0.6 is 0 Å². The minimum absolute atomic E-state index is 0.0673. The summed E-state index contributed by atoms with van der Waals surface area (Å²) in [6, 6.07) is 7.05. The van der Waals surface area contributed by atoms with Crippen LogP contribution in [0.25, 0.3) is 5.69 Å². The fraction of sp³-hybridized carbons (Fsp3) is 0.571. The number of fused-ring (bicyclic) bond motifs is 1. The van der Waals surface area contributed by atoms with Gasteiger partial charge in [0.1, 0.15) is 0 Å². The number of hydrogen-bond donors (Lipinski definition) is 1. The number of ether oxygens (including phenoxy) is 1. The van der Waals surface area contributed by atoms with Crippen LogP contribution in [0.5, 0.6) is 0 Å². The minimum atomic E-state index is -0.172. The molecule has 0 unspecified atom stereocenters. The number of carbonyl (C=O) groups is 1. The SMILES string of the molecule is Cc1c(C(=O)NC(C)C)nnn1-c1cccc2c1CCN(C1CCOCC1)C2. The Hall–Kier alpha value is -2.25. The Morgan fingerprint density at radius 3 is 2.82 bits per heavy atom. The van der Waals surface area contributed by atoms with Crippen LogP contribution in [0, 0.1) is 6.92 Å². The summed E-state index contributed by atoms with van der Waals surface area (Å²) in [4.78, 5) is 15.0. The molecule has 0 atom stereocenters. The van der Waals surface area contributed by atoms with Crippen molar-refractivity contribution in [1.82, 2.24) is 25.2 Å². The Labute approximate surface area is 166 Å². The van der Waals surface area contributed by atoms with E-state index in [1.54, 1.807) is 0 Å². The van der Waals surface area contributed by atoms with Crippen molar-refractivity contribution in [2.45, 2.75) is 58.7 Å². The van der Waals surface area contributed by atoms with Crippen molar-refractivity contribution >= 4 is 5.91 Å². The lowest BCUT2D eigenvalue weighted by atomic mass is 9.95. The van der Waals surface area contributed by atoms with Gasteiger partial charge in [-0.1, -0.05) is 17.3 Å². The zero-order chi connectivity index (χ0) is 19.7. The van der Waals surface area contributed by atoms with Crippen molar-refractivity contribution in [3.8, 4) is 5.69 Å². The van der Waals surface area contributed by atoms with Gasteiger partial charge in [-0.3, -0.25) is 9.69 Å². The first-order valence-electron chi connectivity index (χ1n) is 10.2. The van der Waals surface area contributed by atoms with Crippen LogP contribution in [0.2, 0.25) is 0 Å². The van der Waals surface area contributed by atoms with Crippen molar-refractivity contribution in [1.29, 1.82) is 0 Å². The van der Waals surface area contributed by atoms with Gasteiger partial charge < -0.3 is 10.1 Å². The lowest BCUT2D eigenvalue weighted by molar-refractivity contribution is 0.0290. The van der Waals surface area contributed by atoms with E-state index in [1.165, 1.54) is 11.1 Å². The summed E-state index contributed by atoms with van der Waals surface area (Å²) in [6.07, 6.45) is 3.22. The largest absolute Gasteiger partial charge is 0.381 e. The van der Waals surface area contributed by atoms with Crippen LogP contribution in [0.4, 0.5) is 0 Å². The predicted molar refractivity (Wildman–Crippen MR) is 107 cm³/mol. The number of amides is 1. The minimum Gasteiger partial charge on any atom is -0.381 e. The molecule has 0 spiro atoms. The molecular formula is C21H29N5O2. The first-order valence-corrected chi connectivity index (χ1v) is 10.2. The first-order chi connectivity index (χ1) is 13.5. The lowest BCUT2D eigenvalue weighted by Crippen LogP contribution is -2.42. The normalized spacial score (nSPS) is 18.3. The fourth-order valence-corrected chi connectivity index (χ4v) is 4.27. The van der Waals surface area contributed by atoms with Gasteiger partial charge in [-0.15, -0.1) is 5.10 Å². The molecule has 0 radical (unpaired) electrons. The summed E-state index contributed by atoms with van der Waals surface area (Å²) in [5, 5.41) is 11.4. The maximum absolute atomic E-state index is 12.4. The number of hydrogen-bond acceptors (Lipinski definition) is 5. The monoisotopic (exact) mass is 383 g/mol. The Kier molecular flexibility index (Phi) is 5.46. The number of rotatable bonds is 4. The third kappa shape index (κ3) is 3.69. The van der Waals surface area contributed by atoms with Crippen molar-refractivity contribution < 1.29 is 9.53 Å². The molecule has 0 aliphatic carbocycles. The highest BCUT2D eigenvalue weighted by molar-refractivity contribution is 5.93. The summed E-state index contributed by atoms with van der Waals surface area (Å²) >= 11 is 0. The molecule has 1 amide bonds. The van der Waals surface area contributed by atoms with Crippen molar-refractivity contribution in [3.63, 3.8) is 0 Å². The molecule has 0 bridgehead atoms. The maximum atomic E-state index is 12.4. The molecule has 3 heterocycles. The molecule has 4 rings (SSSR count). The van der Waals surface area contributed by atoms with Crippen LogP contribution in [0.3, 0.4) is 0 Å². The van der Waals surface area contributed by atoms with E-state index < -0.39 is 0 Å². The van der Waals surface area contributed by atoms with Crippen LogP contribution in [-0.4, -0.2) is 57.6 Å². The topological polar surface area (TPSA) is 72.3 Å². The highest BCUT2D eigenvalue weighted by atomic mass is 16.5. The zero-order valence-corrected chi connectivity index (χ0v) is 16.9. The highest BCUT2D eigenvalue weighted by Crippen LogP contribution is 2.29. The van der Waals surface area contributed by atoms with Crippen molar-refractivity contribution in [2.24, 2.45) is 0 Å². The van der Waals surface area contributed by atoms with Gasteiger partial charge in [-0.2, -0.15) is 0 Å². The average Bonchev–Trinajstić information content (AvgIpc) is 3.08. The molecule has 1 aromatic heterocycles. The van der Waals surface area contributed by atoms with Gasteiger partial charge >= 0.3 is 0 Å². The van der Waals surface area contributed by atoms with Gasteiger partial charge in [-0.05, 0) is 57.2 Å². The van der Waals surface area contributed by atoms with E-state index in [2.05, 4.69) is 38.7 Å². The van der Waals surface area contributed by atoms with Crippen molar-refractivity contribution in [2.75, 3.05) is 19.8 Å². The summed E-state index contributed by atoms with van der Waals surface area (Å²) in [5.74, 6) is -0.172. The van der Waals surface area contributed by atoms with E-state index >= 15 is 0 Å². The van der Waals surface area contributed by atoms with Gasteiger partial charge in [0.05, 0.1) is 11.4 Å². The van der Waals surface area contributed by atoms with Crippen LogP contribution < -0.4 is 5.32 Å². The molecular weight excluding hydrogens is 354 g/mol. The molecule has 150 valence electrons. The molecule has 1 fully saturated rings. The summed E-state index contributed by atoms with van der Waals surface area (Å²) in [6.45, 7) is 9.53. The lowest BCUT2D eigenvalue weighted by Gasteiger charge is -2.38. The van der Waals surface area contributed by atoms with Crippen LogP contribution in [0.1, 0.15) is 54.0 Å². The quantitative estimate of drug-likeness (QED) is 0.877. The summed E-state index contributed by atoms with van der Waals surface area (Å²) in [5.41, 5.74) is 4.87. The fourth-order valence-electron chi connectivity index (χ4n) is 4.27. The van der Waals surface area contributed by atoms with Crippen molar-refractivity contribution in [3.05, 3.63) is 40.7 Å². The second-order valence-electron chi connectivity index (χ2n) is 8.04. The van der Waals surface area contributed by atoms with E-state index in [0.717, 1.165) is 56.9 Å². The maximum Gasteiger partial charge on any atom is 0.273 e. The summed E-state index contributed by atoms with van der Waals surface area (Å²) < 4.78 is 7.34. The van der Waals surface area contributed by atoms with Crippen LogP contribution in [-0.2, 0) is 17.7 Å². The zero-order valence-electron chi connectivity index (χ0n) is 16.9. The van der Waals surface area contributed by atoms with E-state index in [0.29, 0.717) is 11.7 Å². The number of aromatic nitrogens is 3. The molecule has 28 heavy (non-hydrogen) atoms. The van der Waals surface area contributed by atoms with Crippen LogP contribution in [0.15, 0.2) is 18.2 Å². The number of carbonyl (C=O) groups excluding carboxylic acids is 1. The molecule has 2 aromatic rings. The number of benzene rings is 1. The Morgan fingerprint density at radius 2 is 2.07 bits per heavy atom. The standard InChI is InChI=1S/C21H29N5O2/c1-14(2)22-21(27)20-15(3)26(24-23-20)19-6-4-5-16-13-25(10-7-18(16)19)17-8-11-28-12-9-17/h4-6,14,17H,7-13H2,1-3H3,(H,22,27). The van der Waals surface area contributed by atoms with Gasteiger partial charge in [0, 0.05) is 38.4 Å². The molecule has 2 aliphatic rings. The Morgan fingerprint density at radius 1 is 1.29 bits per heavy atom. The second kappa shape index (κ2) is 8.01. The van der Waals surface area contributed by atoms with Gasteiger partial charge in [0.15, 0.2) is 5.69 Å². The molecule has 7 nitrogen and oxygen atoms in total. The summed E-state index contributed by atoms with van der Waals surface area (Å²) in [7, 11) is 0. The molecule has 1 saturated heterocycles. The third-order valence-corrected chi connectivity index (χ3v) is 5.74. The molecule has 1 N–H and O–H groups in total. The Bertz CT molecular complexity index is 854. The van der Waals surface area contributed by atoms with Gasteiger partial charge in [0.2, 0.25) is 0 Å². The van der Waals surface area contributed by atoms with E-state index in [1.807, 2.05) is 25.5 Å². The third-order valence-electron chi connectivity index (χ3n) is 5.74. The number of nitrogens with zero attached hydrogens (tertiary/aromatic N) is 4. The smallest absolute Gasteiger partial charge is 0.273 e. The predicted octanol–water partition coefficient (Wildman–Crippen LogP) is 2.25. The second-order valence-corrected chi connectivity index (χ2v) is 8.04. The molecule has 7 heteroatoms. The van der Waals surface area contributed by atoms with Gasteiger partial charge in [0.25, 0.3) is 5.91 Å². The molecule has 0 saturated carbocycles. The van der Waals surface area contributed by atoms with E-state index in [-0.39, 0.29) is 11.9 Å². The molecule has 2 aliphatic heterocycles.